The van der Waals surface area contributed by atoms with Crippen LogP contribution >= 0.6 is 25.8 Å². The van der Waals surface area contributed by atoms with E-state index in [0.29, 0.717) is 18.7 Å². The molecule has 5 aliphatic rings. The number of aliphatic hydroxyl groups is 1. The number of rotatable bonds is 3. The van der Waals surface area contributed by atoms with Crippen LogP contribution in [0.2, 0.25) is 0 Å². The summed E-state index contributed by atoms with van der Waals surface area (Å²) in [7, 11) is 0. The highest BCUT2D eigenvalue weighted by Gasteiger charge is 2.55. The predicted molar refractivity (Wildman–Crippen MR) is 140 cm³/mol. The van der Waals surface area contributed by atoms with Gasteiger partial charge in [-0.2, -0.15) is 10.5 Å². The van der Waals surface area contributed by atoms with Crippen molar-refractivity contribution in [2.24, 2.45) is 5.92 Å². The molecule has 5 fully saturated rings. The van der Waals surface area contributed by atoms with Gasteiger partial charge < -0.3 is 38.4 Å². The maximum absolute atomic E-state index is 13.4. The molecule has 1 aliphatic carbocycles. The minimum atomic E-state index is -4.09. The van der Waals surface area contributed by atoms with E-state index in [1.165, 1.54) is 11.3 Å². The topological polar surface area (TPSA) is 207 Å². The first-order valence-electron chi connectivity index (χ1n) is 12.5. The minimum absolute atomic E-state index is 0.141. The molecule has 4 aliphatic heterocycles. The van der Waals surface area contributed by atoms with Gasteiger partial charge in [0.25, 0.3) is 0 Å². The van der Waals surface area contributed by atoms with E-state index in [-0.39, 0.29) is 31.9 Å². The van der Waals surface area contributed by atoms with Crippen LogP contribution in [-0.2, 0) is 44.0 Å². The highest BCUT2D eigenvalue weighted by atomic mass is 32.7. The van der Waals surface area contributed by atoms with Gasteiger partial charge in [0.1, 0.15) is 43.0 Å². The number of nitrogens with zero attached hydrogens (tertiary/aromatic N) is 3. The van der Waals surface area contributed by atoms with Crippen LogP contribution in [0.3, 0.4) is 0 Å². The summed E-state index contributed by atoms with van der Waals surface area (Å²) in [5, 5.41) is 18.4. The molecule has 1 aromatic rings. The number of aromatic nitrogens is 2. The molecule has 0 spiro atoms. The molecule has 1 aromatic heterocycles. The van der Waals surface area contributed by atoms with Crippen molar-refractivity contribution in [1.29, 1.82) is 0 Å². The number of thiol groups is 1. The quantitative estimate of drug-likeness (QED) is 0.148. The van der Waals surface area contributed by atoms with Crippen LogP contribution in [0.4, 0.5) is 0 Å². The Balaban J connectivity index is 1.21. The van der Waals surface area contributed by atoms with Crippen molar-refractivity contribution in [3.8, 4) is 5.88 Å². The average Bonchev–Trinajstić information content (AvgIpc) is 3.58. The number of fused-ring (bicyclic) bond motifs is 4. The van der Waals surface area contributed by atoms with Crippen molar-refractivity contribution in [2.75, 3.05) is 19.9 Å². The number of amides is 1. The van der Waals surface area contributed by atoms with Crippen molar-refractivity contribution in [3.05, 3.63) is 18.6 Å². The number of hydrazine groups is 2. The van der Waals surface area contributed by atoms with Crippen molar-refractivity contribution < 1.29 is 46.9 Å². The molecule has 40 heavy (non-hydrogen) atoms. The lowest BCUT2D eigenvalue weighted by atomic mass is 10.1. The second-order valence-electron chi connectivity index (χ2n) is 9.83. The minimum Gasteiger partial charge on any atom is -0.474 e. The molecular weight excluding hydrogens is 612 g/mol. The molecule has 5 heterocycles. The molecular formula is C19H29N7O10P2S2. The second kappa shape index (κ2) is 11.7. The smallest absolute Gasteiger partial charge is 0.386 e. The van der Waals surface area contributed by atoms with Gasteiger partial charge in [-0.1, -0.05) is 12.2 Å². The van der Waals surface area contributed by atoms with Gasteiger partial charge in [0.05, 0.1) is 26.0 Å². The van der Waals surface area contributed by atoms with E-state index in [0.717, 1.165) is 0 Å². The van der Waals surface area contributed by atoms with Crippen LogP contribution < -0.4 is 26.3 Å². The molecule has 0 aromatic carbocycles. The van der Waals surface area contributed by atoms with Crippen molar-refractivity contribution in [3.63, 3.8) is 0 Å². The second-order valence-corrected chi connectivity index (χ2v) is 15.5. The van der Waals surface area contributed by atoms with E-state index < -0.39 is 62.3 Å². The molecule has 17 nitrogen and oxygen atoms in total. The van der Waals surface area contributed by atoms with Crippen molar-refractivity contribution in [1.82, 2.24) is 36.6 Å². The zero-order chi connectivity index (χ0) is 28.1. The zero-order valence-corrected chi connectivity index (χ0v) is 24.2. The van der Waals surface area contributed by atoms with Crippen molar-refractivity contribution in [2.45, 2.75) is 61.8 Å². The number of carbonyl (C=O) groups is 1. The van der Waals surface area contributed by atoms with Gasteiger partial charge in [0.15, 0.2) is 6.23 Å². The van der Waals surface area contributed by atoms with Crippen LogP contribution in [0, 0.1) is 5.92 Å². The van der Waals surface area contributed by atoms with Crippen LogP contribution in [0.25, 0.3) is 0 Å². The fraction of sp³-hybridized carbons (Fsp3) is 0.737. The summed E-state index contributed by atoms with van der Waals surface area (Å²) in [4.78, 5) is 31.1. The van der Waals surface area contributed by atoms with Gasteiger partial charge in [-0.3, -0.25) is 14.6 Å². The highest BCUT2D eigenvalue weighted by molar-refractivity contribution is 8.44. The summed E-state index contributed by atoms with van der Waals surface area (Å²) >= 11 is 9.43. The van der Waals surface area contributed by atoms with Crippen LogP contribution in [0.1, 0.15) is 12.8 Å². The Morgan fingerprint density at radius 3 is 2.88 bits per heavy atom. The summed E-state index contributed by atoms with van der Waals surface area (Å²) in [6.07, 6.45) is -2.82. The third-order valence-corrected chi connectivity index (χ3v) is 10.4. The van der Waals surface area contributed by atoms with Crippen molar-refractivity contribution >= 4 is 43.5 Å². The molecule has 4 unspecified atom stereocenters. The standard InChI is InChI=1S/C19H29N7O10P2S2/c27-15-12-6-32-37(29,39)35-11-4-10(33-13-1-2-20-7-21-13)3-9(11)5-31-38(30,40)36-16(15)19(34-12)26-17-14(24-25-26)18(28)23-8-22-17/h1-2,7,9-12,14-17,19,22,24-25,27H,3-6,8H2,(H,23,28)(H,29,39)(H,30,40)/t9-,10-,11+,12-,14?,15-,16-,17?,19-,37?,38?/m1/s1. The number of aliphatic hydroxyl groups excluding tert-OH is 1. The Morgan fingerprint density at radius 1 is 1.23 bits per heavy atom. The highest BCUT2D eigenvalue weighted by Crippen LogP contribution is 2.58. The summed E-state index contributed by atoms with van der Waals surface area (Å²) < 4.78 is 48.2. The predicted octanol–water partition coefficient (Wildman–Crippen LogP) is -1.51. The van der Waals surface area contributed by atoms with E-state index in [1.54, 1.807) is 12.3 Å². The van der Waals surface area contributed by atoms with Crippen LogP contribution in [0.5, 0.6) is 5.88 Å². The Bertz CT molecular complexity index is 1200. The molecule has 6 rings (SSSR count). The number of hydrogen-bond donors (Lipinski definition) is 7. The average molecular weight is 642 g/mol. The Kier molecular flexibility index (Phi) is 8.53. The normalized spacial score (nSPS) is 46.4. The molecule has 21 heteroatoms. The fourth-order valence-corrected chi connectivity index (χ4v) is 8.36. The molecule has 222 valence electrons. The van der Waals surface area contributed by atoms with Gasteiger partial charge in [-0.15, -0.1) is 0 Å². The summed E-state index contributed by atoms with van der Waals surface area (Å²) in [5.41, 5.74) is 5.68. The lowest BCUT2D eigenvalue weighted by Crippen LogP contribution is -2.64. The van der Waals surface area contributed by atoms with E-state index >= 15 is 0 Å². The largest absolute Gasteiger partial charge is 0.474 e. The van der Waals surface area contributed by atoms with Gasteiger partial charge in [0.2, 0.25) is 11.8 Å². The summed E-state index contributed by atoms with van der Waals surface area (Å²) in [6, 6.07) is 0.921. The first-order valence-corrected chi connectivity index (χ1v) is 17.8. The first-order chi connectivity index (χ1) is 19.1. The fourth-order valence-electron chi connectivity index (χ4n) is 5.35. The number of hydrogen-bond acceptors (Lipinski definition) is 16. The van der Waals surface area contributed by atoms with E-state index in [1.807, 2.05) is 0 Å². The van der Waals surface area contributed by atoms with Gasteiger partial charge in [0, 0.05) is 24.6 Å². The Hall–Kier alpha value is -0.860. The van der Waals surface area contributed by atoms with Crippen LogP contribution in [-0.4, -0.2) is 99.7 Å². The van der Waals surface area contributed by atoms with Gasteiger partial charge >= 0.3 is 13.5 Å². The maximum atomic E-state index is 13.4. The molecule has 1 amide bonds. The van der Waals surface area contributed by atoms with E-state index in [9.17, 15) is 19.4 Å². The van der Waals surface area contributed by atoms with E-state index in [2.05, 4.69) is 43.8 Å². The lowest BCUT2D eigenvalue weighted by molar-refractivity contribution is -0.135. The monoisotopic (exact) mass is 641 g/mol. The molecule has 11 atom stereocenters. The SMILES string of the molecule is O=C1NCNC2C1NNN2[C@@H]1O[C@@H]2COP(O)(=S)O[C@H]3C[C@H](Oc4ccncn4)C[C@@H]3COP(=O)(S)O[C@@H]1[C@@H]2O. The third-order valence-electron chi connectivity index (χ3n) is 7.21. The number of carbonyl (C=O) groups excluding carboxylic acids is 1. The molecule has 1 saturated carbocycles. The lowest BCUT2D eigenvalue weighted by Gasteiger charge is -2.35. The zero-order valence-electron chi connectivity index (χ0n) is 20.7. The van der Waals surface area contributed by atoms with Gasteiger partial charge in [-0.25, -0.2) is 20.0 Å². The van der Waals surface area contributed by atoms with E-state index in [4.69, 9.17) is 39.4 Å². The molecule has 4 saturated heterocycles. The molecule has 2 bridgehead atoms. The molecule has 0 radical (unpaired) electrons. The first kappa shape index (κ1) is 29.2. The Labute approximate surface area is 238 Å². The summed E-state index contributed by atoms with van der Waals surface area (Å²) in [5.74, 6) is -0.311. The third kappa shape index (κ3) is 6.24. The number of ether oxygens (including phenoxy) is 2. The molecule has 6 N–H and O–H groups in total. The maximum Gasteiger partial charge on any atom is 0.386 e. The number of nitrogens with one attached hydrogen (secondary N) is 4. The Morgan fingerprint density at radius 2 is 2.08 bits per heavy atom. The summed E-state index contributed by atoms with van der Waals surface area (Å²) in [6.45, 7) is -8.22. The van der Waals surface area contributed by atoms with Gasteiger partial charge in [-0.05, 0) is 18.2 Å². The van der Waals surface area contributed by atoms with Crippen LogP contribution in [0.15, 0.2) is 18.6 Å².